The average molecular weight is 222 g/mol. The van der Waals surface area contributed by atoms with Gasteiger partial charge in [-0.2, -0.15) is 0 Å². The maximum absolute atomic E-state index is 11.7. The molecule has 1 aliphatic carbocycles. The fourth-order valence-electron chi connectivity index (χ4n) is 2.15. The Bertz CT molecular complexity index is 386. The normalized spacial score (nSPS) is 24.2. The van der Waals surface area contributed by atoms with Gasteiger partial charge in [-0.25, -0.2) is 0 Å². The number of hydrogen-bond acceptors (Lipinski definition) is 2. The summed E-state index contributed by atoms with van der Waals surface area (Å²) in [4.78, 5) is 25.4. The summed E-state index contributed by atoms with van der Waals surface area (Å²) in [6, 6.07) is 3.16. The van der Waals surface area contributed by atoms with E-state index in [0.29, 0.717) is 12.1 Å². The minimum Gasteiger partial charge on any atom is -0.481 e. The number of carboxylic acids is 1. The van der Waals surface area contributed by atoms with Crippen molar-refractivity contribution in [2.24, 2.45) is 5.92 Å². The van der Waals surface area contributed by atoms with Crippen LogP contribution in [0.3, 0.4) is 0 Å². The number of hydrogen-bond donors (Lipinski definition) is 3. The third kappa shape index (κ3) is 2.08. The van der Waals surface area contributed by atoms with Crippen molar-refractivity contribution >= 4 is 11.9 Å². The van der Waals surface area contributed by atoms with Crippen LogP contribution in [0.25, 0.3) is 0 Å². The molecule has 2 rings (SSSR count). The number of aromatic amines is 1. The van der Waals surface area contributed by atoms with Gasteiger partial charge in [-0.05, 0) is 25.0 Å². The molecule has 1 amide bonds. The molecule has 3 N–H and O–H groups in total. The molecule has 5 heteroatoms. The van der Waals surface area contributed by atoms with Crippen LogP contribution in [0.1, 0.15) is 29.8 Å². The predicted molar refractivity (Wildman–Crippen MR) is 57.0 cm³/mol. The second kappa shape index (κ2) is 4.38. The topological polar surface area (TPSA) is 82.2 Å². The summed E-state index contributed by atoms with van der Waals surface area (Å²) in [5.74, 6) is -1.50. The summed E-state index contributed by atoms with van der Waals surface area (Å²) in [7, 11) is 0. The van der Waals surface area contributed by atoms with Crippen molar-refractivity contribution in [2.75, 3.05) is 0 Å². The van der Waals surface area contributed by atoms with Crippen LogP contribution in [-0.2, 0) is 4.79 Å². The van der Waals surface area contributed by atoms with E-state index in [1.165, 1.54) is 0 Å². The van der Waals surface area contributed by atoms with Crippen molar-refractivity contribution in [3.05, 3.63) is 24.0 Å². The highest BCUT2D eigenvalue weighted by atomic mass is 16.4. The van der Waals surface area contributed by atoms with E-state index in [9.17, 15) is 9.59 Å². The van der Waals surface area contributed by atoms with Crippen molar-refractivity contribution < 1.29 is 14.7 Å². The number of carbonyl (C=O) groups excluding carboxylic acids is 1. The number of H-pyrrole nitrogens is 1. The molecule has 5 nitrogen and oxygen atoms in total. The van der Waals surface area contributed by atoms with Gasteiger partial charge in [-0.15, -0.1) is 0 Å². The Hall–Kier alpha value is -1.78. The lowest BCUT2D eigenvalue weighted by atomic mass is 10.0. The fourth-order valence-corrected chi connectivity index (χ4v) is 2.15. The molecule has 1 fully saturated rings. The number of carboxylic acid groups (broad SMARTS) is 1. The minimum absolute atomic E-state index is 0.233. The second-order valence-corrected chi connectivity index (χ2v) is 4.04. The van der Waals surface area contributed by atoms with Crippen LogP contribution in [-0.4, -0.2) is 28.0 Å². The molecule has 0 spiro atoms. The Morgan fingerprint density at radius 3 is 2.88 bits per heavy atom. The van der Waals surface area contributed by atoms with Crippen molar-refractivity contribution in [1.82, 2.24) is 10.3 Å². The molecule has 0 bridgehead atoms. The molecule has 1 aromatic rings. The Morgan fingerprint density at radius 2 is 2.25 bits per heavy atom. The number of rotatable bonds is 3. The number of nitrogens with one attached hydrogen (secondary N) is 2. The van der Waals surface area contributed by atoms with Crippen molar-refractivity contribution in [3.8, 4) is 0 Å². The molecule has 1 aliphatic rings. The highest BCUT2D eigenvalue weighted by Gasteiger charge is 2.34. The summed E-state index contributed by atoms with van der Waals surface area (Å²) in [5, 5.41) is 11.7. The van der Waals surface area contributed by atoms with E-state index in [0.717, 1.165) is 12.8 Å². The van der Waals surface area contributed by atoms with Crippen LogP contribution < -0.4 is 5.32 Å². The monoisotopic (exact) mass is 222 g/mol. The molecule has 0 radical (unpaired) electrons. The van der Waals surface area contributed by atoms with Gasteiger partial charge in [0.1, 0.15) is 5.69 Å². The zero-order valence-electron chi connectivity index (χ0n) is 8.77. The van der Waals surface area contributed by atoms with Crippen molar-refractivity contribution in [1.29, 1.82) is 0 Å². The van der Waals surface area contributed by atoms with E-state index in [4.69, 9.17) is 5.11 Å². The quantitative estimate of drug-likeness (QED) is 0.713. The van der Waals surface area contributed by atoms with E-state index in [2.05, 4.69) is 10.3 Å². The third-order valence-corrected chi connectivity index (χ3v) is 2.99. The summed E-state index contributed by atoms with van der Waals surface area (Å²) < 4.78 is 0. The Labute approximate surface area is 92.9 Å². The molecule has 1 heterocycles. The van der Waals surface area contributed by atoms with Gasteiger partial charge in [-0.1, -0.05) is 6.42 Å². The van der Waals surface area contributed by atoms with E-state index < -0.39 is 11.9 Å². The fraction of sp³-hybridized carbons (Fsp3) is 0.455. The molecular weight excluding hydrogens is 208 g/mol. The van der Waals surface area contributed by atoms with Crippen molar-refractivity contribution in [3.63, 3.8) is 0 Å². The first kappa shape index (κ1) is 10.7. The van der Waals surface area contributed by atoms with Crippen molar-refractivity contribution in [2.45, 2.75) is 25.3 Å². The first-order valence-corrected chi connectivity index (χ1v) is 5.35. The minimum atomic E-state index is -0.825. The van der Waals surface area contributed by atoms with E-state index >= 15 is 0 Å². The Kier molecular flexibility index (Phi) is 2.94. The summed E-state index contributed by atoms with van der Waals surface area (Å²) in [6.07, 6.45) is 3.90. The largest absolute Gasteiger partial charge is 0.481 e. The molecule has 16 heavy (non-hydrogen) atoms. The summed E-state index contributed by atoms with van der Waals surface area (Å²) in [6.45, 7) is 0. The van der Waals surface area contributed by atoms with E-state index in [1.54, 1.807) is 18.3 Å². The van der Waals surface area contributed by atoms with Gasteiger partial charge in [0, 0.05) is 12.2 Å². The molecule has 1 aromatic heterocycles. The van der Waals surface area contributed by atoms with Gasteiger partial charge in [0.05, 0.1) is 5.92 Å². The van der Waals surface area contributed by atoms with Gasteiger partial charge in [0.15, 0.2) is 0 Å². The number of carbonyl (C=O) groups is 2. The maximum atomic E-state index is 11.7. The second-order valence-electron chi connectivity index (χ2n) is 4.04. The van der Waals surface area contributed by atoms with Crippen LogP contribution in [0.5, 0.6) is 0 Å². The molecule has 0 unspecified atom stereocenters. The average Bonchev–Trinajstić information content (AvgIpc) is 2.86. The molecule has 2 atom stereocenters. The van der Waals surface area contributed by atoms with Gasteiger partial charge in [0.25, 0.3) is 5.91 Å². The number of amides is 1. The Balaban J connectivity index is 1.99. The molecule has 0 aliphatic heterocycles. The molecule has 0 aromatic carbocycles. The smallest absolute Gasteiger partial charge is 0.308 e. The van der Waals surface area contributed by atoms with Gasteiger partial charge in [0.2, 0.25) is 0 Å². The predicted octanol–water partition coefficient (Wildman–Crippen LogP) is 0.998. The van der Waals surface area contributed by atoms with Crippen LogP contribution in [0.15, 0.2) is 18.3 Å². The molecule has 1 saturated carbocycles. The summed E-state index contributed by atoms with van der Waals surface area (Å²) >= 11 is 0. The van der Waals surface area contributed by atoms with E-state index in [1.807, 2.05) is 0 Å². The maximum Gasteiger partial charge on any atom is 0.308 e. The van der Waals surface area contributed by atoms with Crippen LogP contribution in [0, 0.1) is 5.92 Å². The molecule has 0 saturated heterocycles. The van der Waals surface area contributed by atoms with Crippen LogP contribution >= 0.6 is 0 Å². The first-order chi connectivity index (χ1) is 7.68. The summed E-state index contributed by atoms with van der Waals surface area (Å²) in [5.41, 5.74) is 0.469. The lowest BCUT2D eigenvalue weighted by Crippen LogP contribution is -2.40. The first-order valence-electron chi connectivity index (χ1n) is 5.35. The SMILES string of the molecule is O=C(N[C@H]1CCC[C@H]1C(=O)O)c1ccc[nH]1. The molecule has 86 valence electrons. The number of aliphatic carboxylic acids is 1. The zero-order valence-corrected chi connectivity index (χ0v) is 8.77. The van der Waals surface area contributed by atoms with Gasteiger partial charge >= 0.3 is 5.97 Å². The standard InChI is InChI=1S/C11H14N2O3/c14-10(9-5-2-6-12-9)13-8-4-1-3-7(8)11(15)16/h2,5-8,12H,1,3-4H2,(H,13,14)(H,15,16)/t7-,8+/m1/s1. The highest BCUT2D eigenvalue weighted by molar-refractivity contribution is 5.92. The Morgan fingerprint density at radius 1 is 1.44 bits per heavy atom. The van der Waals surface area contributed by atoms with E-state index in [-0.39, 0.29) is 11.9 Å². The van der Waals surface area contributed by atoms with Crippen LogP contribution in [0.4, 0.5) is 0 Å². The lowest BCUT2D eigenvalue weighted by Gasteiger charge is -2.16. The lowest BCUT2D eigenvalue weighted by molar-refractivity contribution is -0.142. The van der Waals surface area contributed by atoms with Gasteiger partial charge in [-0.3, -0.25) is 9.59 Å². The zero-order chi connectivity index (χ0) is 11.5. The van der Waals surface area contributed by atoms with Gasteiger partial charge < -0.3 is 15.4 Å². The van der Waals surface area contributed by atoms with Crippen LogP contribution in [0.2, 0.25) is 0 Å². The molecular formula is C11H14N2O3. The number of aromatic nitrogens is 1. The third-order valence-electron chi connectivity index (χ3n) is 2.99. The highest BCUT2D eigenvalue weighted by Crippen LogP contribution is 2.25.